The molecule has 0 atom stereocenters. The van der Waals surface area contributed by atoms with E-state index < -0.39 is 0 Å². The fraction of sp³-hybridized carbons (Fsp3) is 0. The van der Waals surface area contributed by atoms with Gasteiger partial charge in [0.25, 0.3) is 0 Å². The van der Waals surface area contributed by atoms with Gasteiger partial charge in [-0.2, -0.15) is 26.3 Å². The standard InChI is InChI=1S/2C46H22N6O/c1-49-35-24-33(34(26-48)44(50-2)46(35)51-36-18-7-3-13-28(36)29-14-4-8-19-37(29)51)30-17-11-12-27(25-47)45(30)52-38-20-9-5-15-31(38)42-39(52)22-23-41-43(42)32-16-6-10-21-40(32)53-41;1-50-44-36(26-49)28(20-23-41(44)51-37-14-6-2-10-29(37)30-11-3-7-15-38(30)51)32-19-18-27(24-47)35(25-48)45(32)52-39-16-8-4-13-34(39)43-40(52)22-21-33-31-12-5-9-17-42(31)53-46(33)43/h3-24H;2-23H. The number of rotatable bonds is 6. The Morgan fingerprint density at radius 3 is 1.31 bits per heavy atom. The minimum absolute atomic E-state index is 0.0737. The highest BCUT2D eigenvalue weighted by molar-refractivity contribution is 6.28. The molecule has 106 heavy (non-hydrogen) atoms. The Labute approximate surface area is 602 Å². The van der Waals surface area contributed by atoms with E-state index in [1.165, 1.54) is 0 Å². The Bertz CT molecular complexity index is 7610. The molecule has 0 saturated heterocycles. The lowest BCUT2D eigenvalue weighted by atomic mass is 9.92. The molecule has 14 aromatic carbocycles. The van der Waals surface area contributed by atoms with E-state index in [-0.39, 0.29) is 39.3 Å². The number of hydrogen-bond donors (Lipinski definition) is 0. The molecule has 484 valence electrons. The molecule has 0 unspecified atom stereocenters. The lowest BCUT2D eigenvalue weighted by Gasteiger charge is -2.20. The molecule has 0 fully saturated rings. The summed E-state index contributed by atoms with van der Waals surface area (Å²) in [4.78, 5) is 12.0. The Balaban J connectivity index is 0.000000145. The van der Waals surface area contributed by atoms with Gasteiger partial charge in [-0.3, -0.25) is 0 Å². The van der Waals surface area contributed by atoms with Crippen LogP contribution in [-0.2, 0) is 0 Å². The van der Waals surface area contributed by atoms with Crippen molar-refractivity contribution in [2.45, 2.75) is 0 Å². The van der Waals surface area contributed by atoms with Crippen LogP contribution < -0.4 is 0 Å². The van der Waals surface area contributed by atoms with Crippen molar-refractivity contribution in [3.8, 4) is 75.3 Å². The summed E-state index contributed by atoms with van der Waals surface area (Å²) in [7, 11) is 0. The van der Waals surface area contributed by atoms with Gasteiger partial charge in [0.2, 0.25) is 17.1 Å². The average molecular weight is 1350 g/mol. The zero-order chi connectivity index (χ0) is 71.6. The number of nitrogens with zero attached hydrogens (tertiary/aromatic N) is 12. The zero-order valence-electron chi connectivity index (χ0n) is 55.6. The molecule has 0 N–H and O–H groups in total. The number of nitriles is 5. The van der Waals surface area contributed by atoms with Gasteiger partial charge in [0.1, 0.15) is 40.5 Å². The molecule has 0 aliphatic rings. The summed E-state index contributed by atoms with van der Waals surface area (Å²) < 4.78 is 20.8. The molecule has 14 nitrogen and oxygen atoms in total. The molecular weight excluding hydrogens is 1310 g/mol. The van der Waals surface area contributed by atoms with Gasteiger partial charge in [0, 0.05) is 70.4 Å². The molecule has 6 aromatic heterocycles. The third-order valence-electron chi connectivity index (χ3n) is 20.6. The number of aromatic nitrogens is 4. The first-order chi connectivity index (χ1) is 52.3. The SMILES string of the molecule is [C-]#[N+]c1c(-n2c3ccccc3c3ccccc32)ccc(-c2ccc(C#N)c(C#N)c2-n2c3ccccc3c3c4oc5ccccc5c4ccc32)c1C#N.[C-]#[N+]c1cc(-c2cccc(C#N)c2-n2c3ccccc3c3c4c(ccc32)oc2ccccc24)c(C#N)c([N+]#[C-])c1-n1c2ccccc2c2ccccc21. The Kier molecular flexibility index (Phi) is 13.6. The van der Waals surface area contributed by atoms with Crippen LogP contribution in [0.3, 0.4) is 0 Å². The maximum absolute atomic E-state index is 10.9. The van der Waals surface area contributed by atoms with E-state index in [2.05, 4.69) is 73.7 Å². The molecule has 0 amide bonds. The highest BCUT2D eigenvalue weighted by Crippen LogP contribution is 2.51. The van der Waals surface area contributed by atoms with Crippen LogP contribution in [0.15, 0.2) is 276 Å². The van der Waals surface area contributed by atoms with Gasteiger partial charge in [0.05, 0.1) is 132 Å². The highest BCUT2D eigenvalue weighted by Gasteiger charge is 2.31. The lowest BCUT2D eigenvalue weighted by molar-refractivity contribution is 0.669. The first-order valence-electron chi connectivity index (χ1n) is 33.8. The molecule has 0 saturated carbocycles. The van der Waals surface area contributed by atoms with Crippen LogP contribution in [0.4, 0.5) is 17.1 Å². The van der Waals surface area contributed by atoms with Gasteiger partial charge >= 0.3 is 0 Å². The number of furan rings is 2. The van der Waals surface area contributed by atoms with Crippen LogP contribution >= 0.6 is 0 Å². The summed E-state index contributed by atoms with van der Waals surface area (Å²) in [6.45, 7) is 25.3. The molecule has 6 heterocycles. The number of benzene rings is 14. The Morgan fingerprint density at radius 1 is 0.274 bits per heavy atom. The summed E-state index contributed by atoms with van der Waals surface area (Å²) in [6.07, 6.45) is 0. The van der Waals surface area contributed by atoms with Crippen molar-refractivity contribution < 1.29 is 8.83 Å². The third-order valence-corrected chi connectivity index (χ3v) is 20.6. The highest BCUT2D eigenvalue weighted by atomic mass is 16.3. The molecule has 20 aromatic rings. The van der Waals surface area contributed by atoms with E-state index in [0.717, 1.165) is 131 Å². The first-order valence-corrected chi connectivity index (χ1v) is 33.8. The maximum Gasteiger partial charge on any atom is 0.228 e. The van der Waals surface area contributed by atoms with Crippen molar-refractivity contribution in [3.63, 3.8) is 0 Å². The van der Waals surface area contributed by atoms with Crippen molar-refractivity contribution in [1.29, 1.82) is 26.3 Å². The van der Waals surface area contributed by atoms with Crippen LogP contribution in [0, 0.1) is 76.4 Å². The van der Waals surface area contributed by atoms with E-state index in [0.29, 0.717) is 50.6 Å². The van der Waals surface area contributed by atoms with Gasteiger partial charge in [0.15, 0.2) is 0 Å². The van der Waals surface area contributed by atoms with Crippen molar-refractivity contribution in [2.24, 2.45) is 0 Å². The predicted octanol–water partition coefficient (Wildman–Crippen LogP) is 23.9. The monoisotopic (exact) mass is 1350 g/mol. The fourth-order valence-corrected chi connectivity index (χ4v) is 16.3. The third kappa shape index (κ3) is 8.57. The summed E-state index contributed by atoms with van der Waals surface area (Å²) in [5.74, 6) is 0. The molecule has 0 spiro atoms. The fourth-order valence-electron chi connectivity index (χ4n) is 16.3. The lowest BCUT2D eigenvalue weighted by Crippen LogP contribution is -2.04. The number of fused-ring (bicyclic) bond motifs is 20. The van der Waals surface area contributed by atoms with E-state index >= 15 is 0 Å². The van der Waals surface area contributed by atoms with Gasteiger partial charge in [-0.25, -0.2) is 14.5 Å². The Morgan fingerprint density at radius 2 is 0.736 bits per heavy atom. The van der Waals surface area contributed by atoms with Crippen LogP contribution in [-0.4, -0.2) is 18.3 Å². The smallest absolute Gasteiger partial charge is 0.228 e. The molecule has 0 aliphatic carbocycles. The van der Waals surface area contributed by atoms with Crippen molar-refractivity contribution in [3.05, 3.63) is 329 Å². The minimum atomic E-state index is 0.0737. The van der Waals surface area contributed by atoms with Gasteiger partial charge < -0.3 is 27.1 Å². The van der Waals surface area contributed by atoms with E-state index in [1.807, 2.05) is 226 Å². The van der Waals surface area contributed by atoms with Crippen LogP contribution in [0.1, 0.15) is 27.8 Å². The van der Waals surface area contributed by atoms with Crippen LogP contribution in [0.25, 0.3) is 191 Å². The van der Waals surface area contributed by atoms with Gasteiger partial charge in [-0.1, -0.05) is 170 Å². The second-order valence-electron chi connectivity index (χ2n) is 25.7. The molecule has 0 radical (unpaired) electrons. The molecule has 20 rings (SSSR count). The van der Waals surface area contributed by atoms with E-state index in [1.54, 1.807) is 30.3 Å². The largest absolute Gasteiger partial charge is 0.456 e. The van der Waals surface area contributed by atoms with Crippen LogP contribution in [0.2, 0.25) is 0 Å². The molecule has 14 heteroatoms. The summed E-state index contributed by atoms with van der Waals surface area (Å²) >= 11 is 0. The minimum Gasteiger partial charge on any atom is -0.456 e. The molecular formula is C92H44N12O2. The normalized spacial score (nSPS) is 11.3. The average Bonchev–Trinajstić information content (AvgIpc) is 1.54. The van der Waals surface area contributed by atoms with Gasteiger partial charge in [-0.05, 0) is 108 Å². The molecule has 0 bridgehead atoms. The number of hydrogen-bond acceptors (Lipinski definition) is 7. The van der Waals surface area contributed by atoms with E-state index in [4.69, 9.17) is 28.6 Å². The van der Waals surface area contributed by atoms with Crippen molar-refractivity contribution >= 4 is 148 Å². The summed E-state index contributed by atoms with van der Waals surface area (Å²) in [6, 6.07) is 97.6. The van der Waals surface area contributed by atoms with Crippen LogP contribution in [0.5, 0.6) is 0 Å². The topological polar surface area (TPSA) is 178 Å². The summed E-state index contributed by atoms with van der Waals surface area (Å²) in [5.41, 5.74) is 15.3. The zero-order valence-corrected chi connectivity index (χ0v) is 55.6. The quantitative estimate of drug-likeness (QED) is 0.149. The maximum atomic E-state index is 10.9. The van der Waals surface area contributed by atoms with Gasteiger partial charge in [-0.15, -0.1) is 0 Å². The first kappa shape index (κ1) is 60.9. The molecule has 0 aliphatic heterocycles. The predicted molar refractivity (Wildman–Crippen MR) is 418 cm³/mol. The second kappa shape index (κ2) is 23.7. The second-order valence-corrected chi connectivity index (χ2v) is 25.7. The van der Waals surface area contributed by atoms with Crippen molar-refractivity contribution in [2.75, 3.05) is 0 Å². The van der Waals surface area contributed by atoms with Crippen molar-refractivity contribution in [1.82, 2.24) is 18.3 Å². The Hall–Kier alpha value is -16.2. The van der Waals surface area contributed by atoms with E-state index in [9.17, 15) is 26.3 Å². The number of para-hydroxylation sites is 9. The summed E-state index contributed by atoms with van der Waals surface area (Å²) in [5, 5.41) is 65.2.